The van der Waals surface area contributed by atoms with E-state index in [0.29, 0.717) is 19.0 Å². The summed E-state index contributed by atoms with van der Waals surface area (Å²) in [6, 6.07) is 0.0857. The van der Waals surface area contributed by atoms with Gasteiger partial charge < -0.3 is 15.3 Å². The first-order chi connectivity index (χ1) is 9.61. The van der Waals surface area contributed by atoms with Gasteiger partial charge in [-0.15, -0.1) is 0 Å². The highest BCUT2D eigenvalue weighted by molar-refractivity contribution is 5.89. The van der Waals surface area contributed by atoms with Gasteiger partial charge in [-0.1, -0.05) is 25.7 Å². The number of nitrogens with one attached hydrogen (secondary N) is 1. The first-order valence-corrected chi connectivity index (χ1v) is 7.82. The molecule has 0 bridgehead atoms. The van der Waals surface area contributed by atoms with E-state index in [9.17, 15) is 9.59 Å². The van der Waals surface area contributed by atoms with Crippen LogP contribution in [0.4, 0.5) is 0 Å². The summed E-state index contributed by atoms with van der Waals surface area (Å²) in [4.78, 5) is 26.1. The lowest BCUT2D eigenvalue weighted by atomic mass is 10.1. The fourth-order valence-electron chi connectivity index (χ4n) is 3.24. The minimum absolute atomic E-state index is 0.0707. The average Bonchev–Trinajstić information content (AvgIpc) is 2.66. The van der Waals surface area contributed by atoms with Crippen molar-refractivity contribution < 1.29 is 14.7 Å². The van der Waals surface area contributed by atoms with Crippen molar-refractivity contribution in [3.8, 4) is 0 Å². The molecule has 0 aromatic heterocycles. The minimum Gasteiger partial charge on any atom is -0.394 e. The Kier molecular flexibility index (Phi) is 5.40. The largest absolute Gasteiger partial charge is 0.394 e. The third-order valence-corrected chi connectivity index (χ3v) is 4.46. The van der Waals surface area contributed by atoms with Gasteiger partial charge in [0.15, 0.2) is 0 Å². The molecule has 2 amide bonds. The van der Waals surface area contributed by atoms with Crippen molar-refractivity contribution in [1.82, 2.24) is 10.2 Å². The van der Waals surface area contributed by atoms with Crippen molar-refractivity contribution in [3.05, 3.63) is 0 Å². The van der Waals surface area contributed by atoms with Crippen LogP contribution in [0.3, 0.4) is 0 Å². The summed E-state index contributed by atoms with van der Waals surface area (Å²) in [5, 5.41) is 11.7. The van der Waals surface area contributed by atoms with Crippen molar-refractivity contribution in [2.24, 2.45) is 5.92 Å². The molecule has 1 saturated heterocycles. The van der Waals surface area contributed by atoms with Crippen LogP contribution in [0.15, 0.2) is 0 Å². The molecule has 2 aliphatic rings. The maximum atomic E-state index is 12.2. The van der Waals surface area contributed by atoms with E-state index in [1.54, 1.807) is 6.92 Å². The highest BCUT2D eigenvalue weighted by Gasteiger charge is 2.37. The number of hydrogen-bond acceptors (Lipinski definition) is 3. The minimum atomic E-state index is -0.250. The van der Waals surface area contributed by atoms with E-state index in [-0.39, 0.29) is 30.4 Å². The highest BCUT2D eigenvalue weighted by Crippen LogP contribution is 2.28. The Labute approximate surface area is 120 Å². The Morgan fingerprint density at radius 2 is 2.00 bits per heavy atom. The lowest BCUT2D eigenvalue weighted by molar-refractivity contribution is -0.130. The first kappa shape index (κ1) is 15.3. The number of aliphatic hydroxyl groups excluding tert-OH is 1. The highest BCUT2D eigenvalue weighted by atomic mass is 16.3. The molecule has 114 valence electrons. The van der Waals surface area contributed by atoms with E-state index in [0.717, 1.165) is 12.8 Å². The number of carbonyl (C=O) groups is 2. The van der Waals surface area contributed by atoms with Crippen molar-refractivity contribution in [2.75, 3.05) is 13.2 Å². The molecule has 2 unspecified atom stereocenters. The van der Waals surface area contributed by atoms with E-state index < -0.39 is 0 Å². The van der Waals surface area contributed by atoms with Crippen LogP contribution < -0.4 is 5.32 Å². The van der Waals surface area contributed by atoms with Gasteiger partial charge in [-0.05, 0) is 19.8 Å². The average molecular weight is 282 g/mol. The Hall–Kier alpha value is -1.10. The monoisotopic (exact) mass is 282 g/mol. The number of amides is 2. The van der Waals surface area contributed by atoms with Gasteiger partial charge in [0.05, 0.1) is 12.5 Å². The summed E-state index contributed by atoms with van der Waals surface area (Å²) >= 11 is 0. The third-order valence-electron chi connectivity index (χ3n) is 4.46. The molecular formula is C15H26N2O3. The molecule has 0 aromatic rings. The molecule has 0 aromatic carbocycles. The van der Waals surface area contributed by atoms with Crippen LogP contribution in [0.1, 0.15) is 51.9 Å². The van der Waals surface area contributed by atoms with Gasteiger partial charge in [0.25, 0.3) is 0 Å². The van der Waals surface area contributed by atoms with E-state index in [1.807, 2.05) is 4.90 Å². The lowest BCUT2D eigenvalue weighted by Gasteiger charge is -2.27. The number of likely N-dealkylation sites (tertiary alicyclic amines) is 1. The number of carbonyl (C=O) groups excluding carboxylic acids is 2. The fraction of sp³-hybridized carbons (Fsp3) is 0.867. The second-order valence-electron chi connectivity index (χ2n) is 6.18. The normalized spacial score (nSPS) is 26.4. The summed E-state index contributed by atoms with van der Waals surface area (Å²) in [6.45, 7) is 2.24. The van der Waals surface area contributed by atoms with Gasteiger partial charge in [0.2, 0.25) is 11.8 Å². The van der Waals surface area contributed by atoms with E-state index in [4.69, 9.17) is 5.11 Å². The zero-order chi connectivity index (χ0) is 14.5. The lowest BCUT2D eigenvalue weighted by Crippen LogP contribution is -2.41. The standard InChI is InChI=1S/C15H26N2O3/c1-11(10-18)16-15(20)12-8-14(19)17(9-12)13-6-4-2-3-5-7-13/h11-13,18H,2-10H2,1H3,(H,16,20). The van der Waals surface area contributed by atoms with E-state index >= 15 is 0 Å². The molecule has 1 heterocycles. The van der Waals surface area contributed by atoms with Gasteiger partial charge in [0.1, 0.15) is 0 Å². The number of hydrogen-bond donors (Lipinski definition) is 2. The number of aliphatic hydroxyl groups is 1. The van der Waals surface area contributed by atoms with Gasteiger partial charge in [-0.3, -0.25) is 9.59 Å². The van der Waals surface area contributed by atoms with Crippen LogP contribution in [0.25, 0.3) is 0 Å². The second kappa shape index (κ2) is 7.07. The van der Waals surface area contributed by atoms with E-state index in [1.165, 1.54) is 25.7 Å². The summed E-state index contributed by atoms with van der Waals surface area (Å²) in [5.74, 6) is -0.232. The van der Waals surface area contributed by atoms with Gasteiger partial charge in [-0.2, -0.15) is 0 Å². The Morgan fingerprint density at radius 3 is 2.60 bits per heavy atom. The van der Waals surface area contributed by atoms with Crippen LogP contribution in [0, 0.1) is 5.92 Å². The SMILES string of the molecule is CC(CO)NC(=O)C1CC(=O)N(C2CCCCCC2)C1. The zero-order valence-electron chi connectivity index (χ0n) is 12.3. The van der Waals surface area contributed by atoms with Gasteiger partial charge in [-0.25, -0.2) is 0 Å². The van der Waals surface area contributed by atoms with Crippen LogP contribution in [-0.4, -0.2) is 47.1 Å². The Balaban J connectivity index is 1.90. The number of nitrogens with zero attached hydrogens (tertiary/aromatic N) is 1. The summed E-state index contributed by atoms with van der Waals surface area (Å²) in [7, 11) is 0. The molecule has 2 atom stereocenters. The molecule has 5 heteroatoms. The second-order valence-corrected chi connectivity index (χ2v) is 6.18. The summed E-state index contributed by atoms with van der Waals surface area (Å²) in [6.07, 6.45) is 7.37. The van der Waals surface area contributed by atoms with Crippen LogP contribution in [-0.2, 0) is 9.59 Å². The molecule has 2 fully saturated rings. The van der Waals surface area contributed by atoms with Crippen molar-refractivity contribution in [1.29, 1.82) is 0 Å². The van der Waals surface area contributed by atoms with Crippen LogP contribution >= 0.6 is 0 Å². The predicted molar refractivity (Wildman–Crippen MR) is 76.0 cm³/mol. The topological polar surface area (TPSA) is 69.6 Å². The van der Waals surface area contributed by atoms with Crippen LogP contribution in [0.2, 0.25) is 0 Å². The fourth-order valence-corrected chi connectivity index (χ4v) is 3.24. The molecule has 5 nitrogen and oxygen atoms in total. The molecule has 2 N–H and O–H groups in total. The molecule has 0 radical (unpaired) electrons. The smallest absolute Gasteiger partial charge is 0.225 e. The molecule has 2 rings (SSSR count). The van der Waals surface area contributed by atoms with Crippen molar-refractivity contribution in [3.63, 3.8) is 0 Å². The maximum absolute atomic E-state index is 12.2. The van der Waals surface area contributed by atoms with Crippen molar-refractivity contribution >= 4 is 11.8 Å². The number of rotatable bonds is 4. The van der Waals surface area contributed by atoms with E-state index in [2.05, 4.69) is 5.32 Å². The summed E-state index contributed by atoms with van der Waals surface area (Å²) in [5.41, 5.74) is 0. The van der Waals surface area contributed by atoms with Gasteiger partial charge in [0, 0.05) is 25.0 Å². The molecule has 1 aliphatic heterocycles. The van der Waals surface area contributed by atoms with Gasteiger partial charge >= 0.3 is 0 Å². The van der Waals surface area contributed by atoms with Crippen molar-refractivity contribution in [2.45, 2.75) is 64.0 Å². The van der Waals surface area contributed by atoms with Crippen LogP contribution in [0.5, 0.6) is 0 Å². The maximum Gasteiger partial charge on any atom is 0.225 e. The molecule has 1 saturated carbocycles. The zero-order valence-corrected chi connectivity index (χ0v) is 12.3. The quantitative estimate of drug-likeness (QED) is 0.757. The first-order valence-electron chi connectivity index (χ1n) is 7.82. The molecule has 0 spiro atoms. The summed E-state index contributed by atoms with van der Waals surface area (Å²) < 4.78 is 0. The molecule has 20 heavy (non-hydrogen) atoms. The molecule has 1 aliphatic carbocycles. The predicted octanol–water partition coefficient (Wildman–Crippen LogP) is 1.05. The Morgan fingerprint density at radius 1 is 1.35 bits per heavy atom. The Bertz CT molecular complexity index is 351. The third kappa shape index (κ3) is 3.72. The molecular weight excluding hydrogens is 256 g/mol.